The zero-order valence-corrected chi connectivity index (χ0v) is 10.3. The van der Waals surface area contributed by atoms with Gasteiger partial charge in [0.2, 0.25) is 0 Å². The second kappa shape index (κ2) is 7.87. The third-order valence-corrected chi connectivity index (χ3v) is 2.06. The highest BCUT2D eigenvalue weighted by molar-refractivity contribution is 5.81. The predicted molar refractivity (Wildman–Crippen MR) is 65.8 cm³/mol. The zero-order valence-electron chi connectivity index (χ0n) is 10.3. The second-order valence-electron chi connectivity index (χ2n) is 3.80. The monoisotopic (exact) mass is 226 g/mol. The Bertz CT molecular complexity index is 307. The lowest BCUT2D eigenvalue weighted by molar-refractivity contribution is -0.120. The fourth-order valence-electron chi connectivity index (χ4n) is 1.01. The van der Waals surface area contributed by atoms with Crippen LogP contribution in [-0.2, 0) is 11.3 Å². The summed E-state index contributed by atoms with van der Waals surface area (Å²) in [5.74, 6) is 0.835. The molecule has 1 aromatic rings. The van der Waals surface area contributed by atoms with E-state index in [2.05, 4.69) is 11.9 Å². The van der Waals surface area contributed by atoms with E-state index in [-0.39, 0.29) is 18.2 Å². The van der Waals surface area contributed by atoms with Crippen molar-refractivity contribution in [3.63, 3.8) is 0 Å². The van der Waals surface area contributed by atoms with E-state index in [1.807, 2.05) is 24.6 Å². The van der Waals surface area contributed by atoms with Crippen molar-refractivity contribution in [1.29, 1.82) is 0 Å². The van der Waals surface area contributed by atoms with Crippen LogP contribution in [0, 0.1) is 5.92 Å². The average molecular weight is 226 g/mol. The molecule has 5 heteroatoms. The summed E-state index contributed by atoms with van der Waals surface area (Å²) in [6.45, 7) is 6.94. The number of ketones is 1. The summed E-state index contributed by atoms with van der Waals surface area (Å²) in [6.07, 6.45) is 4.70. The molecule has 92 valence electrons. The Hall–Kier alpha value is -1.36. The third kappa shape index (κ3) is 5.50. The molecule has 0 atom stereocenters. The molecule has 16 heavy (non-hydrogen) atoms. The first kappa shape index (κ1) is 14.6. The number of rotatable bonds is 4. The molecular formula is C11H22N4O. The number of hydrogen-bond donors (Lipinski definition) is 2. The molecule has 0 fully saturated rings. The van der Waals surface area contributed by atoms with Gasteiger partial charge in [-0.2, -0.15) is 0 Å². The number of nitrogens with two attached hydrogens (primary N) is 2. The highest BCUT2D eigenvalue weighted by Crippen LogP contribution is 1.98. The summed E-state index contributed by atoms with van der Waals surface area (Å²) in [7, 11) is 0. The van der Waals surface area contributed by atoms with Gasteiger partial charge in [-0.3, -0.25) is 4.79 Å². The first-order chi connectivity index (χ1) is 7.52. The van der Waals surface area contributed by atoms with Crippen LogP contribution in [0.25, 0.3) is 0 Å². The number of carbonyl (C=O) groups excluding carboxylic acids is 1. The third-order valence-electron chi connectivity index (χ3n) is 2.06. The molecule has 0 bridgehead atoms. The smallest absolute Gasteiger partial charge is 0.200 e. The van der Waals surface area contributed by atoms with Crippen molar-refractivity contribution < 1.29 is 4.79 Å². The van der Waals surface area contributed by atoms with Gasteiger partial charge >= 0.3 is 0 Å². The van der Waals surface area contributed by atoms with Gasteiger partial charge in [0.15, 0.2) is 5.95 Å². The summed E-state index contributed by atoms with van der Waals surface area (Å²) >= 11 is 0. The molecule has 0 saturated heterocycles. The maximum absolute atomic E-state index is 10.4. The van der Waals surface area contributed by atoms with E-state index in [0.29, 0.717) is 5.95 Å². The molecule has 0 unspecified atom stereocenters. The summed E-state index contributed by atoms with van der Waals surface area (Å²) in [5.41, 5.74) is 10.5. The quantitative estimate of drug-likeness (QED) is 0.803. The van der Waals surface area contributed by atoms with Gasteiger partial charge in [-0.05, 0) is 6.42 Å². The van der Waals surface area contributed by atoms with Gasteiger partial charge in [0.1, 0.15) is 5.78 Å². The van der Waals surface area contributed by atoms with Gasteiger partial charge in [0.25, 0.3) is 0 Å². The van der Waals surface area contributed by atoms with E-state index in [4.69, 9.17) is 11.5 Å². The SMILES string of the molecule is CC(C)C(=O)CN.CCCn1ccnc1N. The van der Waals surface area contributed by atoms with E-state index >= 15 is 0 Å². The summed E-state index contributed by atoms with van der Waals surface area (Å²) in [6, 6.07) is 0. The Morgan fingerprint density at radius 2 is 2.19 bits per heavy atom. The van der Waals surface area contributed by atoms with Gasteiger partial charge in [-0.15, -0.1) is 0 Å². The molecule has 1 aromatic heterocycles. The normalized spacial score (nSPS) is 9.81. The van der Waals surface area contributed by atoms with Crippen molar-refractivity contribution in [2.45, 2.75) is 33.7 Å². The maximum Gasteiger partial charge on any atom is 0.200 e. The molecule has 0 amide bonds. The second-order valence-corrected chi connectivity index (χ2v) is 3.80. The average Bonchev–Trinajstić information content (AvgIpc) is 2.65. The van der Waals surface area contributed by atoms with Gasteiger partial charge in [-0.25, -0.2) is 4.98 Å². The number of Topliss-reactive ketones (excluding diaryl/α,β-unsaturated/α-hetero) is 1. The first-order valence-electron chi connectivity index (χ1n) is 5.52. The van der Waals surface area contributed by atoms with Crippen LogP contribution in [-0.4, -0.2) is 21.9 Å². The number of hydrogen-bond acceptors (Lipinski definition) is 4. The highest BCUT2D eigenvalue weighted by atomic mass is 16.1. The fraction of sp³-hybridized carbons (Fsp3) is 0.636. The van der Waals surface area contributed by atoms with Gasteiger partial charge in [0.05, 0.1) is 6.54 Å². The Labute approximate surface area is 96.8 Å². The van der Waals surface area contributed by atoms with Crippen LogP contribution in [0.15, 0.2) is 12.4 Å². The van der Waals surface area contributed by atoms with Crippen molar-refractivity contribution >= 4 is 11.7 Å². The molecule has 5 nitrogen and oxygen atoms in total. The number of carbonyl (C=O) groups is 1. The van der Waals surface area contributed by atoms with Gasteiger partial charge in [0, 0.05) is 24.9 Å². The molecule has 0 aliphatic heterocycles. The minimum absolute atomic E-state index is 0.102. The van der Waals surface area contributed by atoms with E-state index in [1.54, 1.807) is 6.20 Å². The molecule has 4 N–H and O–H groups in total. The Morgan fingerprint density at radius 3 is 2.44 bits per heavy atom. The molecule has 0 aliphatic carbocycles. The van der Waals surface area contributed by atoms with Gasteiger partial charge in [-0.1, -0.05) is 20.8 Å². The predicted octanol–water partition coefficient (Wildman–Crippen LogP) is 1.05. The van der Waals surface area contributed by atoms with Crippen LogP contribution in [0.2, 0.25) is 0 Å². The Kier molecular flexibility index (Phi) is 7.20. The largest absolute Gasteiger partial charge is 0.369 e. The van der Waals surface area contributed by atoms with Crippen LogP contribution in [0.3, 0.4) is 0 Å². The van der Waals surface area contributed by atoms with Crippen LogP contribution in [0.1, 0.15) is 27.2 Å². The van der Waals surface area contributed by atoms with Crippen LogP contribution in [0.4, 0.5) is 5.95 Å². The highest BCUT2D eigenvalue weighted by Gasteiger charge is 2.01. The zero-order chi connectivity index (χ0) is 12.6. The molecule has 0 saturated carbocycles. The Balaban J connectivity index is 0.000000293. The van der Waals surface area contributed by atoms with Crippen molar-refractivity contribution in [3.8, 4) is 0 Å². The number of nitrogens with zero attached hydrogens (tertiary/aromatic N) is 2. The van der Waals surface area contributed by atoms with E-state index < -0.39 is 0 Å². The van der Waals surface area contributed by atoms with Crippen LogP contribution >= 0.6 is 0 Å². The van der Waals surface area contributed by atoms with Crippen molar-refractivity contribution in [2.24, 2.45) is 11.7 Å². The number of nitrogen functional groups attached to an aromatic ring is 1. The topological polar surface area (TPSA) is 86.9 Å². The lowest BCUT2D eigenvalue weighted by atomic mass is 10.1. The molecule has 0 radical (unpaired) electrons. The summed E-state index contributed by atoms with van der Waals surface area (Å²) in [5, 5.41) is 0. The number of aromatic nitrogens is 2. The standard InChI is InChI=1S/C6H11N3.C5H11NO/c1-2-4-9-5-3-8-6(9)7;1-4(2)5(7)3-6/h3,5H,2,4H2,1H3,(H2,7,8);4H,3,6H2,1-2H3. The van der Waals surface area contributed by atoms with Crippen molar-refractivity contribution in [1.82, 2.24) is 9.55 Å². The number of aryl methyl sites for hydroxylation is 1. The molecule has 0 aliphatic rings. The molecule has 1 heterocycles. The van der Waals surface area contributed by atoms with Crippen LogP contribution in [0.5, 0.6) is 0 Å². The summed E-state index contributed by atoms with van der Waals surface area (Å²) < 4.78 is 1.93. The number of imidazole rings is 1. The van der Waals surface area contributed by atoms with E-state index in [1.165, 1.54) is 0 Å². The van der Waals surface area contributed by atoms with E-state index in [0.717, 1.165) is 13.0 Å². The summed E-state index contributed by atoms with van der Waals surface area (Å²) in [4.78, 5) is 14.3. The van der Waals surface area contributed by atoms with E-state index in [9.17, 15) is 4.79 Å². The van der Waals surface area contributed by atoms with Crippen LogP contribution < -0.4 is 11.5 Å². The lowest BCUT2D eigenvalue weighted by Gasteiger charge is -1.98. The molecule has 0 aromatic carbocycles. The van der Waals surface area contributed by atoms with Crippen molar-refractivity contribution in [2.75, 3.05) is 12.3 Å². The minimum atomic E-state index is 0.102. The van der Waals surface area contributed by atoms with Gasteiger partial charge < -0.3 is 16.0 Å². The van der Waals surface area contributed by atoms with Crippen molar-refractivity contribution in [3.05, 3.63) is 12.4 Å². The first-order valence-corrected chi connectivity index (χ1v) is 5.52. The molecular weight excluding hydrogens is 204 g/mol. The Morgan fingerprint density at radius 1 is 1.56 bits per heavy atom. The lowest BCUT2D eigenvalue weighted by Crippen LogP contribution is -2.18. The molecule has 0 spiro atoms. The molecule has 1 rings (SSSR count). The minimum Gasteiger partial charge on any atom is -0.369 e. The number of anilines is 1. The fourth-order valence-corrected chi connectivity index (χ4v) is 1.01. The maximum atomic E-state index is 10.4.